The minimum Gasteiger partial charge on any atom is -0.428 e. The van der Waals surface area contributed by atoms with Crippen molar-refractivity contribution in [2.45, 2.75) is 40.7 Å². The molecule has 0 bridgehead atoms. The Morgan fingerprint density at radius 3 is 2.42 bits per heavy atom. The molecule has 0 aliphatic carbocycles. The van der Waals surface area contributed by atoms with Gasteiger partial charge in [0.05, 0.1) is 5.69 Å². The number of aliphatic hydroxyl groups is 1. The normalized spacial score (nSPS) is 9.84. The maximum absolute atomic E-state index is 10.5. The van der Waals surface area contributed by atoms with Gasteiger partial charge in [-0.3, -0.25) is 10.7 Å². The summed E-state index contributed by atoms with van der Waals surface area (Å²) in [4.78, 5) is 10.5. The average Bonchev–Trinajstić information content (AvgIpc) is 2.64. The second-order valence-corrected chi connectivity index (χ2v) is 4.84. The topological polar surface area (TPSA) is 94.0 Å². The Morgan fingerprint density at radius 1 is 1.53 bits per heavy atom. The molecule has 0 aromatic carbocycles. The number of rotatable bonds is 5. The minimum atomic E-state index is -0.402. The summed E-state index contributed by atoms with van der Waals surface area (Å²) in [6.45, 7) is 8.31. The Balaban J connectivity index is 0. The van der Waals surface area contributed by atoms with Gasteiger partial charge in [-0.25, -0.2) is 4.68 Å². The third kappa shape index (κ3) is 12.1. The molecule has 19 heavy (non-hydrogen) atoms. The number of aromatic nitrogens is 3. The van der Waals surface area contributed by atoms with Crippen LogP contribution < -0.4 is 5.73 Å². The molecule has 0 fully saturated rings. The van der Waals surface area contributed by atoms with Gasteiger partial charge in [-0.05, 0) is 12.3 Å². The average molecular weight is 363 g/mol. The van der Waals surface area contributed by atoms with Crippen molar-refractivity contribution < 1.29 is 32.3 Å². The van der Waals surface area contributed by atoms with E-state index in [4.69, 9.17) is 10.8 Å². The largest absolute Gasteiger partial charge is 1.00 e. The SMILES string of the molecule is CC(C)Cc1cn(CC(N)=O)nn1.C[C-](C)CO.[Ag+]. The molecule has 0 aliphatic heterocycles. The fourth-order valence-electron chi connectivity index (χ4n) is 1.09. The van der Waals surface area contributed by atoms with Gasteiger partial charge in [-0.2, -0.15) is 13.8 Å². The Labute approximate surface area is 130 Å². The van der Waals surface area contributed by atoms with Crippen LogP contribution in [0.4, 0.5) is 0 Å². The molecule has 6 nitrogen and oxygen atoms in total. The van der Waals surface area contributed by atoms with Gasteiger partial charge < -0.3 is 10.8 Å². The van der Waals surface area contributed by atoms with Crippen LogP contribution in [0.3, 0.4) is 0 Å². The molecular formula is C12H23AgN4O2. The van der Waals surface area contributed by atoms with E-state index in [9.17, 15) is 4.79 Å². The molecule has 0 spiro atoms. The monoisotopic (exact) mass is 362 g/mol. The van der Waals surface area contributed by atoms with Crippen molar-refractivity contribution in [1.29, 1.82) is 0 Å². The smallest absolute Gasteiger partial charge is 0.428 e. The molecule has 0 atom stereocenters. The zero-order valence-corrected chi connectivity index (χ0v) is 13.3. The summed E-state index contributed by atoms with van der Waals surface area (Å²) in [5.74, 6) is 1.20. The maximum atomic E-state index is 10.5. The minimum absolute atomic E-state index is 0. The second kappa shape index (κ2) is 11.2. The molecule has 1 heterocycles. The number of primary amides is 1. The van der Waals surface area contributed by atoms with Crippen molar-refractivity contribution in [2.24, 2.45) is 11.7 Å². The van der Waals surface area contributed by atoms with E-state index in [-0.39, 0.29) is 35.5 Å². The van der Waals surface area contributed by atoms with Gasteiger partial charge in [-0.1, -0.05) is 25.7 Å². The van der Waals surface area contributed by atoms with Crippen molar-refractivity contribution in [3.05, 3.63) is 17.8 Å². The fourth-order valence-corrected chi connectivity index (χ4v) is 1.09. The van der Waals surface area contributed by atoms with E-state index in [1.165, 1.54) is 4.68 Å². The summed E-state index contributed by atoms with van der Waals surface area (Å²) in [5, 5.41) is 15.8. The Kier molecular flexibility index (Phi) is 12.1. The Morgan fingerprint density at radius 2 is 2.05 bits per heavy atom. The number of hydrogen-bond acceptors (Lipinski definition) is 4. The molecule has 7 heteroatoms. The van der Waals surface area contributed by atoms with E-state index in [0.29, 0.717) is 5.92 Å². The molecule has 0 saturated heterocycles. The van der Waals surface area contributed by atoms with Crippen LogP contribution >= 0.6 is 0 Å². The van der Waals surface area contributed by atoms with Crippen molar-refractivity contribution >= 4 is 5.91 Å². The molecule has 1 aromatic heterocycles. The van der Waals surface area contributed by atoms with Crippen molar-refractivity contribution in [3.63, 3.8) is 0 Å². The van der Waals surface area contributed by atoms with Gasteiger partial charge in [0.15, 0.2) is 0 Å². The predicted octanol–water partition coefficient (Wildman–Crippen LogP) is 0.552. The number of nitrogens with two attached hydrogens (primary N) is 1. The molecule has 0 aliphatic rings. The number of carbonyl (C=O) groups excluding carboxylic acids is 1. The Hall–Kier alpha value is -0.690. The van der Waals surface area contributed by atoms with Crippen LogP contribution in [0.2, 0.25) is 0 Å². The van der Waals surface area contributed by atoms with Crippen LogP contribution in [-0.4, -0.2) is 32.6 Å². The molecule has 3 N–H and O–H groups in total. The summed E-state index contributed by atoms with van der Waals surface area (Å²) >= 11 is 0. The van der Waals surface area contributed by atoms with Crippen LogP contribution in [0.15, 0.2) is 6.20 Å². The first-order chi connectivity index (χ1) is 8.35. The number of nitrogens with zero attached hydrogens (tertiary/aromatic N) is 3. The van der Waals surface area contributed by atoms with E-state index in [2.05, 4.69) is 24.2 Å². The van der Waals surface area contributed by atoms with Crippen molar-refractivity contribution in [3.8, 4) is 0 Å². The fraction of sp³-hybridized carbons (Fsp3) is 0.667. The van der Waals surface area contributed by atoms with Crippen LogP contribution in [0, 0.1) is 11.8 Å². The van der Waals surface area contributed by atoms with E-state index in [1.54, 1.807) is 6.20 Å². The maximum Gasteiger partial charge on any atom is 1.00 e. The molecule has 1 amide bonds. The van der Waals surface area contributed by atoms with Gasteiger partial charge in [0.2, 0.25) is 5.91 Å². The first kappa shape index (κ1) is 20.6. The zero-order valence-electron chi connectivity index (χ0n) is 11.9. The third-order valence-corrected chi connectivity index (χ3v) is 1.84. The summed E-state index contributed by atoms with van der Waals surface area (Å²) in [6.07, 6.45) is 2.63. The number of hydrogen-bond donors (Lipinski definition) is 2. The van der Waals surface area contributed by atoms with Crippen LogP contribution in [-0.2, 0) is 40.1 Å². The standard InChI is InChI=1S/C8H14N4O.C4H9O.Ag/c1-6(2)3-7-4-12(11-10-7)5-8(9)13;1-4(2)3-5;/h4,6H,3,5H2,1-2H3,(H2,9,13);5H,3H2,1-2H3;/q;-1;+1. The molecule has 1 aromatic rings. The second-order valence-electron chi connectivity index (χ2n) is 4.84. The summed E-state index contributed by atoms with van der Waals surface area (Å²) in [7, 11) is 0. The third-order valence-electron chi connectivity index (χ3n) is 1.84. The van der Waals surface area contributed by atoms with Crippen molar-refractivity contribution in [1.82, 2.24) is 15.0 Å². The van der Waals surface area contributed by atoms with Gasteiger partial charge in [-0.15, -0.1) is 5.10 Å². The molecule has 0 radical (unpaired) electrons. The molecule has 114 valence electrons. The quantitative estimate of drug-likeness (QED) is 0.590. The zero-order chi connectivity index (χ0) is 14.1. The van der Waals surface area contributed by atoms with E-state index >= 15 is 0 Å². The van der Waals surface area contributed by atoms with Crippen LogP contribution in [0.1, 0.15) is 33.4 Å². The number of amides is 1. The molecule has 0 saturated carbocycles. The van der Waals surface area contributed by atoms with Gasteiger partial charge in [0.25, 0.3) is 0 Å². The number of carbonyl (C=O) groups is 1. The first-order valence-electron chi connectivity index (χ1n) is 5.92. The summed E-state index contributed by atoms with van der Waals surface area (Å²) < 4.78 is 1.46. The Bertz CT molecular complexity index is 353. The van der Waals surface area contributed by atoms with E-state index < -0.39 is 5.91 Å². The molecule has 0 unspecified atom stereocenters. The summed E-state index contributed by atoms with van der Waals surface area (Å²) in [5.41, 5.74) is 5.91. The van der Waals surface area contributed by atoms with E-state index in [1.807, 2.05) is 13.8 Å². The van der Waals surface area contributed by atoms with E-state index in [0.717, 1.165) is 18.0 Å². The van der Waals surface area contributed by atoms with Crippen molar-refractivity contribution in [2.75, 3.05) is 6.61 Å². The predicted molar refractivity (Wildman–Crippen MR) is 69.4 cm³/mol. The van der Waals surface area contributed by atoms with Crippen LogP contribution in [0.25, 0.3) is 0 Å². The molecular weight excluding hydrogens is 340 g/mol. The molecule has 1 rings (SSSR count). The van der Waals surface area contributed by atoms with Gasteiger partial charge >= 0.3 is 22.4 Å². The number of aliphatic hydroxyl groups excluding tert-OH is 1. The summed E-state index contributed by atoms with van der Waals surface area (Å²) in [6, 6.07) is 0. The van der Waals surface area contributed by atoms with Gasteiger partial charge in [0.1, 0.15) is 6.54 Å². The van der Waals surface area contributed by atoms with Gasteiger partial charge in [0, 0.05) is 6.20 Å². The first-order valence-corrected chi connectivity index (χ1v) is 5.92. The van der Waals surface area contributed by atoms with Crippen LogP contribution in [0.5, 0.6) is 0 Å².